The van der Waals surface area contributed by atoms with Gasteiger partial charge in [-0.25, -0.2) is 4.39 Å². The van der Waals surface area contributed by atoms with E-state index < -0.39 is 0 Å². The summed E-state index contributed by atoms with van der Waals surface area (Å²) in [4.78, 5) is 0. The molecule has 2 rings (SSSR count). The second-order valence-corrected chi connectivity index (χ2v) is 6.84. The van der Waals surface area contributed by atoms with Crippen molar-refractivity contribution in [1.82, 2.24) is 0 Å². The van der Waals surface area contributed by atoms with E-state index in [0.29, 0.717) is 17.4 Å². The van der Waals surface area contributed by atoms with Crippen molar-refractivity contribution in [2.75, 3.05) is 7.11 Å². The third-order valence-electron chi connectivity index (χ3n) is 4.15. The molecule has 0 atom stereocenters. The third-order valence-corrected chi connectivity index (χ3v) is 4.15. The summed E-state index contributed by atoms with van der Waals surface area (Å²) >= 11 is 0. The Morgan fingerprint density at radius 3 is 1.96 bits per heavy atom. The molecule has 26 heavy (non-hydrogen) atoms. The summed E-state index contributed by atoms with van der Waals surface area (Å²) in [6, 6.07) is 11.2. The average molecular weight is 358 g/mol. The van der Waals surface area contributed by atoms with Crippen LogP contribution in [0.1, 0.15) is 74.8 Å². The van der Waals surface area contributed by atoms with Crippen molar-refractivity contribution in [3.63, 3.8) is 0 Å². The van der Waals surface area contributed by atoms with Gasteiger partial charge in [0.05, 0.1) is 18.7 Å². The maximum Gasteiger partial charge on any atom is 0.126 e. The van der Waals surface area contributed by atoms with Crippen LogP contribution in [0.25, 0.3) is 0 Å². The van der Waals surface area contributed by atoms with Crippen molar-refractivity contribution in [2.45, 2.75) is 60.8 Å². The molecule has 0 saturated carbocycles. The minimum absolute atomic E-state index is 0. The maximum absolute atomic E-state index is 13.1. The van der Waals surface area contributed by atoms with Gasteiger partial charge in [0.1, 0.15) is 11.6 Å². The fourth-order valence-corrected chi connectivity index (χ4v) is 2.72. The van der Waals surface area contributed by atoms with Crippen molar-refractivity contribution in [3.8, 4) is 11.8 Å². The zero-order valence-electron chi connectivity index (χ0n) is 16.3. The van der Waals surface area contributed by atoms with Gasteiger partial charge in [0.25, 0.3) is 0 Å². The van der Waals surface area contributed by atoms with Gasteiger partial charge in [0.15, 0.2) is 0 Å². The maximum atomic E-state index is 13.1. The predicted molar refractivity (Wildman–Crippen MR) is 108 cm³/mol. The highest BCUT2D eigenvalue weighted by molar-refractivity contribution is 5.43. The summed E-state index contributed by atoms with van der Waals surface area (Å²) in [6.07, 6.45) is 0. The van der Waals surface area contributed by atoms with Crippen LogP contribution >= 0.6 is 0 Å². The van der Waals surface area contributed by atoms with E-state index >= 15 is 0 Å². The Morgan fingerprint density at radius 1 is 0.923 bits per heavy atom. The molecule has 2 aromatic carbocycles. The number of nitrogens with zero attached hydrogens (tertiary/aromatic N) is 1. The summed E-state index contributed by atoms with van der Waals surface area (Å²) in [7, 11) is 1.63. The first-order chi connectivity index (χ1) is 11.7. The largest absolute Gasteiger partial charge is 0.496 e. The molecular formula is C23H32FNO. The molecule has 0 fully saturated rings. The fraction of sp³-hybridized carbons (Fsp3) is 0.435. The van der Waals surface area contributed by atoms with Crippen molar-refractivity contribution in [1.29, 1.82) is 5.26 Å². The molecule has 0 saturated heterocycles. The van der Waals surface area contributed by atoms with Crippen molar-refractivity contribution in [3.05, 3.63) is 64.0 Å². The third kappa shape index (κ3) is 6.19. The van der Waals surface area contributed by atoms with E-state index in [1.165, 1.54) is 5.56 Å². The van der Waals surface area contributed by atoms with E-state index in [1.54, 1.807) is 26.2 Å². The smallest absolute Gasteiger partial charge is 0.126 e. The van der Waals surface area contributed by atoms with Gasteiger partial charge in [0, 0.05) is 0 Å². The molecule has 0 bridgehead atoms. The van der Waals surface area contributed by atoms with Crippen LogP contribution in [0, 0.1) is 31.0 Å². The van der Waals surface area contributed by atoms with Crippen LogP contribution in [0.15, 0.2) is 30.3 Å². The Kier molecular flexibility index (Phi) is 9.65. The number of hydrogen-bond acceptors (Lipinski definition) is 2. The molecule has 3 heteroatoms. The molecule has 0 heterocycles. The van der Waals surface area contributed by atoms with Gasteiger partial charge in [-0.15, -0.1) is 0 Å². The Bertz CT molecular complexity index is 758. The number of methoxy groups -OCH3 is 1. The summed E-state index contributed by atoms with van der Waals surface area (Å²) in [6.45, 7) is 12.2. The Hall–Kier alpha value is -2.34. The van der Waals surface area contributed by atoms with E-state index in [2.05, 4.69) is 33.8 Å². The second kappa shape index (κ2) is 10.6. The Morgan fingerprint density at radius 2 is 1.50 bits per heavy atom. The van der Waals surface area contributed by atoms with Crippen LogP contribution in [-0.2, 0) is 0 Å². The molecule has 0 aliphatic carbocycles. The lowest BCUT2D eigenvalue weighted by Crippen LogP contribution is -1.95. The molecule has 0 amide bonds. The lowest BCUT2D eigenvalue weighted by molar-refractivity contribution is 0.407. The van der Waals surface area contributed by atoms with E-state index in [4.69, 9.17) is 10.00 Å². The molecule has 0 spiro atoms. The summed E-state index contributed by atoms with van der Waals surface area (Å²) in [5, 5.41) is 8.68. The first-order valence-electron chi connectivity index (χ1n) is 8.55. The zero-order valence-corrected chi connectivity index (χ0v) is 16.3. The normalized spacial score (nSPS) is 9.88. The summed E-state index contributed by atoms with van der Waals surface area (Å²) < 4.78 is 18.3. The van der Waals surface area contributed by atoms with Crippen LogP contribution in [0.4, 0.5) is 4.39 Å². The van der Waals surface area contributed by atoms with Crippen LogP contribution in [0.5, 0.6) is 5.75 Å². The Balaban J connectivity index is 0.000000464. The van der Waals surface area contributed by atoms with Gasteiger partial charge in [-0.3, -0.25) is 0 Å². The molecule has 2 nitrogen and oxygen atoms in total. The molecular weight excluding hydrogens is 325 g/mol. The molecule has 0 aliphatic heterocycles. The van der Waals surface area contributed by atoms with Gasteiger partial charge >= 0.3 is 0 Å². The highest BCUT2D eigenvalue weighted by atomic mass is 19.1. The van der Waals surface area contributed by atoms with Crippen molar-refractivity contribution in [2.24, 2.45) is 0 Å². The van der Waals surface area contributed by atoms with Crippen molar-refractivity contribution < 1.29 is 9.13 Å². The quantitative estimate of drug-likeness (QED) is 0.599. The average Bonchev–Trinajstić information content (AvgIpc) is 2.57. The van der Waals surface area contributed by atoms with E-state index in [-0.39, 0.29) is 13.2 Å². The number of nitriles is 1. The molecule has 0 N–H and O–H groups in total. The molecule has 2 aromatic rings. The van der Waals surface area contributed by atoms with Crippen LogP contribution < -0.4 is 4.74 Å². The molecule has 0 radical (unpaired) electrons. The number of rotatable bonds is 3. The van der Waals surface area contributed by atoms with Crippen LogP contribution in [0.3, 0.4) is 0 Å². The second-order valence-electron chi connectivity index (χ2n) is 6.84. The first kappa shape index (κ1) is 23.7. The number of ether oxygens (including phenoxy) is 1. The van der Waals surface area contributed by atoms with E-state index in [0.717, 1.165) is 22.4 Å². The van der Waals surface area contributed by atoms with E-state index in [1.807, 2.05) is 25.1 Å². The van der Waals surface area contributed by atoms with Gasteiger partial charge < -0.3 is 4.74 Å². The first-order valence-corrected chi connectivity index (χ1v) is 8.55. The molecule has 0 unspecified atom stereocenters. The monoisotopic (exact) mass is 357 g/mol. The number of benzene rings is 2. The fourth-order valence-electron chi connectivity index (χ4n) is 2.72. The standard InChI is InChI=1S/C11H15F.C11H13NO.CH4/c1-7(2)10-6-11(12)9(4)5-8(10)3;1-8(2)10-5-4-9(7-12)6-11(10)13-3;/h5-7H,1-4H3;4-6,8H,1-3H3;1H4. The lowest BCUT2D eigenvalue weighted by atomic mass is 9.96. The minimum Gasteiger partial charge on any atom is -0.496 e. The van der Waals surface area contributed by atoms with Gasteiger partial charge in [-0.1, -0.05) is 47.3 Å². The summed E-state index contributed by atoms with van der Waals surface area (Å²) in [5.74, 6) is 1.53. The predicted octanol–water partition coefficient (Wildman–Crippen LogP) is 6.89. The van der Waals surface area contributed by atoms with Gasteiger partial charge in [-0.2, -0.15) is 5.26 Å². The number of hydrogen-bond donors (Lipinski definition) is 0. The molecule has 0 aromatic heterocycles. The van der Waals surface area contributed by atoms with Crippen LogP contribution in [0.2, 0.25) is 0 Å². The lowest BCUT2D eigenvalue weighted by Gasteiger charge is -2.11. The van der Waals surface area contributed by atoms with Gasteiger partial charge in [0.2, 0.25) is 0 Å². The van der Waals surface area contributed by atoms with Crippen LogP contribution in [-0.4, -0.2) is 7.11 Å². The summed E-state index contributed by atoms with van der Waals surface area (Å²) in [5.41, 5.74) is 4.81. The minimum atomic E-state index is -0.0932. The molecule has 142 valence electrons. The Labute approximate surface area is 158 Å². The topological polar surface area (TPSA) is 33.0 Å². The highest BCUT2D eigenvalue weighted by Crippen LogP contribution is 2.26. The van der Waals surface area contributed by atoms with E-state index in [9.17, 15) is 4.39 Å². The van der Waals surface area contributed by atoms with Crippen molar-refractivity contribution >= 4 is 0 Å². The number of aryl methyl sites for hydroxylation is 2. The number of halogens is 1. The van der Waals surface area contributed by atoms with Gasteiger partial charge in [-0.05, 0) is 66.1 Å². The molecule has 0 aliphatic rings. The highest BCUT2D eigenvalue weighted by Gasteiger charge is 2.07. The SMILES string of the molecule is C.COc1cc(C#N)ccc1C(C)C.Cc1cc(C)c(C(C)C)cc1F. The zero-order chi connectivity index (χ0) is 19.1.